The summed E-state index contributed by atoms with van der Waals surface area (Å²) in [5, 5.41) is 4.92. The van der Waals surface area contributed by atoms with Gasteiger partial charge in [0.15, 0.2) is 5.11 Å². The zero-order chi connectivity index (χ0) is 19.0. The van der Waals surface area contributed by atoms with Gasteiger partial charge in [-0.25, -0.2) is 4.98 Å². The minimum atomic E-state index is 0.141. The van der Waals surface area contributed by atoms with E-state index < -0.39 is 0 Å². The second-order valence-electron chi connectivity index (χ2n) is 7.16. The highest BCUT2D eigenvalue weighted by atomic mass is 32.1. The van der Waals surface area contributed by atoms with Crippen molar-refractivity contribution >= 4 is 44.8 Å². The molecule has 1 saturated heterocycles. The Balaban J connectivity index is 1.66. The third kappa shape index (κ3) is 3.33. The summed E-state index contributed by atoms with van der Waals surface area (Å²) < 4.78 is 1.86. The molecule has 0 atom stereocenters. The molecule has 4 rings (SSSR count). The molecule has 0 unspecified atom stereocenters. The molecule has 8 heteroatoms. The van der Waals surface area contributed by atoms with E-state index >= 15 is 0 Å². The first-order chi connectivity index (χ1) is 13.1. The van der Waals surface area contributed by atoms with Crippen molar-refractivity contribution in [1.29, 1.82) is 0 Å². The number of hydrogen-bond acceptors (Lipinski definition) is 5. The van der Waals surface area contributed by atoms with Gasteiger partial charge in [-0.05, 0) is 57.3 Å². The summed E-state index contributed by atoms with van der Waals surface area (Å²) in [6.45, 7) is 8.95. The van der Waals surface area contributed by atoms with Gasteiger partial charge in [0.1, 0.15) is 4.83 Å². The summed E-state index contributed by atoms with van der Waals surface area (Å²) in [6, 6.07) is 0. The van der Waals surface area contributed by atoms with E-state index in [4.69, 9.17) is 17.2 Å². The van der Waals surface area contributed by atoms with Gasteiger partial charge in [0.2, 0.25) is 5.95 Å². The van der Waals surface area contributed by atoms with Crippen molar-refractivity contribution in [3.05, 3.63) is 20.8 Å². The molecular weight excluding hydrogens is 378 g/mol. The molecular formula is C19H27N5OS2. The number of thiocarbonyl (C=S) groups is 1. The highest BCUT2D eigenvalue weighted by Gasteiger charge is 2.26. The third-order valence-corrected chi connectivity index (χ3v) is 7.14. The Bertz CT molecular complexity index is 911. The molecule has 1 N–H and O–H groups in total. The molecule has 2 aromatic rings. The Labute approximate surface area is 169 Å². The predicted octanol–water partition coefficient (Wildman–Crippen LogP) is 2.37. The van der Waals surface area contributed by atoms with Gasteiger partial charge in [0.25, 0.3) is 5.56 Å². The molecule has 2 aliphatic rings. The normalized spacial score (nSPS) is 17.3. The second kappa shape index (κ2) is 7.75. The van der Waals surface area contributed by atoms with Crippen molar-refractivity contribution in [3.63, 3.8) is 0 Å². The number of rotatable bonds is 3. The number of nitrogens with one attached hydrogen (secondary N) is 1. The molecule has 27 heavy (non-hydrogen) atoms. The molecule has 0 radical (unpaired) electrons. The lowest BCUT2D eigenvalue weighted by molar-refractivity contribution is 0.376. The average Bonchev–Trinajstić information content (AvgIpc) is 3.07. The van der Waals surface area contributed by atoms with Crippen LogP contribution in [0.2, 0.25) is 0 Å². The van der Waals surface area contributed by atoms with Crippen molar-refractivity contribution in [2.75, 3.05) is 37.6 Å². The van der Waals surface area contributed by atoms with E-state index in [1.54, 1.807) is 11.3 Å². The van der Waals surface area contributed by atoms with Crippen LogP contribution in [0.5, 0.6) is 0 Å². The van der Waals surface area contributed by atoms with E-state index in [0.29, 0.717) is 6.54 Å². The fourth-order valence-electron chi connectivity index (χ4n) is 4.13. The van der Waals surface area contributed by atoms with Crippen LogP contribution in [0.15, 0.2) is 4.79 Å². The van der Waals surface area contributed by atoms with Gasteiger partial charge in [-0.15, -0.1) is 11.3 Å². The van der Waals surface area contributed by atoms with Gasteiger partial charge >= 0.3 is 0 Å². The Hall–Kier alpha value is -1.67. The first-order valence-electron chi connectivity index (χ1n) is 9.96. The third-order valence-electron chi connectivity index (χ3n) is 5.55. The van der Waals surface area contributed by atoms with Crippen LogP contribution in [0, 0.1) is 0 Å². The topological polar surface area (TPSA) is 53.4 Å². The van der Waals surface area contributed by atoms with E-state index in [9.17, 15) is 4.79 Å². The lowest BCUT2D eigenvalue weighted by Crippen LogP contribution is -2.52. The summed E-state index contributed by atoms with van der Waals surface area (Å²) in [6.07, 6.45) is 4.52. The maximum atomic E-state index is 13.3. The highest BCUT2D eigenvalue weighted by molar-refractivity contribution is 7.80. The average molecular weight is 406 g/mol. The highest BCUT2D eigenvalue weighted by Crippen LogP contribution is 2.34. The van der Waals surface area contributed by atoms with Crippen LogP contribution >= 0.6 is 23.6 Å². The molecule has 1 aliphatic carbocycles. The molecule has 2 aromatic heterocycles. The number of thiophene rings is 1. The molecule has 0 spiro atoms. The molecule has 0 aromatic carbocycles. The zero-order valence-electron chi connectivity index (χ0n) is 16.1. The SMILES string of the molecule is CCNC(=S)N1CCN(c2nc3sc4c(c3c(=O)n2CC)CCCC4)CC1. The maximum absolute atomic E-state index is 13.3. The summed E-state index contributed by atoms with van der Waals surface area (Å²) in [5.41, 5.74) is 1.41. The molecule has 0 bridgehead atoms. The van der Waals surface area contributed by atoms with E-state index in [1.165, 1.54) is 23.3 Å². The number of fused-ring (bicyclic) bond motifs is 3. The lowest BCUT2D eigenvalue weighted by Gasteiger charge is -2.37. The van der Waals surface area contributed by atoms with Crippen LogP contribution in [-0.2, 0) is 19.4 Å². The van der Waals surface area contributed by atoms with Crippen LogP contribution in [0.4, 0.5) is 5.95 Å². The fourth-order valence-corrected chi connectivity index (χ4v) is 5.70. The van der Waals surface area contributed by atoms with E-state index in [2.05, 4.69) is 22.0 Å². The number of aryl methyl sites for hydroxylation is 2. The molecule has 1 fully saturated rings. The molecule has 0 amide bonds. The number of nitrogens with zero attached hydrogens (tertiary/aromatic N) is 4. The van der Waals surface area contributed by atoms with Crippen molar-refractivity contribution in [3.8, 4) is 0 Å². The quantitative estimate of drug-likeness (QED) is 0.792. The van der Waals surface area contributed by atoms with Crippen LogP contribution in [0.25, 0.3) is 10.2 Å². The number of hydrogen-bond donors (Lipinski definition) is 1. The summed E-state index contributed by atoms with van der Waals surface area (Å²) >= 11 is 7.17. The van der Waals surface area contributed by atoms with Gasteiger partial charge < -0.3 is 15.1 Å². The summed E-state index contributed by atoms with van der Waals surface area (Å²) in [4.78, 5) is 25.0. The Morgan fingerprint density at radius 3 is 2.63 bits per heavy atom. The number of anilines is 1. The first kappa shape index (κ1) is 18.7. The van der Waals surface area contributed by atoms with Crippen LogP contribution in [0.1, 0.15) is 37.1 Å². The van der Waals surface area contributed by atoms with Crippen LogP contribution < -0.4 is 15.8 Å². The van der Waals surface area contributed by atoms with Gasteiger partial charge in [0.05, 0.1) is 5.39 Å². The van der Waals surface area contributed by atoms with E-state index in [-0.39, 0.29) is 5.56 Å². The zero-order valence-corrected chi connectivity index (χ0v) is 17.7. The van der Waals surface area contributed by atoms with E-state index in [1.807, 2.05) is 11.5 Å². The van der Waals surface area contributed by atoms with Crippen molar-refractivity contribution < 1.29 is 0 Å². The van der Waals surface area contributed by atoms with Crippen LogP contribution in [-0.4, -0.2) is 52.3 Å². The predicted molar refractivity (Wildman–Crippen MR) is 116 cm³/mol. The second-order valence-corrected chi connectivity index (χ2v) is 8.63. The molecule has 1 aliphatic heterocycles. The minimum Gasteiger partial charge on any atom is -0.363 e. The Morgan fingerprint density at radius 1 is 1.19 bits per heavy atom. The molecule has 0 saturated carbocycles. The molecule has 6 nitrogen and oxygen atoms in total. The van der Waals surface area contributed by atoms with Crippen molar-refractivity contribution in [2.24, 2.45) is 0 Å². The smallest absolute Gasteiger partial charge is 0.263 e. The summed E-state index contributed by atoms with van der Waals surface area (Å²) in [5.74, 6) is 0.822. The van der Waals surface area contributed by atoms with E-state index in [0.717, 1.165) is 66.8 Å². The molecule has 3 heterocycles. The molecule has 146 valence electrons. The standard InChI is InChI=1S/C19H27N5OS2/c1-3-20-19(26)23-11-9-22(10-12-23)18-21-16-15(17(25)24(18)4-2)13-7-5-6-8-14(13)27-16/h3-12H2,1-2H3,(H,20,26). The monoisotopic (exact) mass is 405 g/mol. The van der Waals surface area contributed by atoms with Gasteiger partial charge in [-0.2, -0.15) is 0 Å². The van der Waals surface area contributed by atoms with Crippen LogP contribution in [0.3, 0.4) is 0 Å². The van der Waals surface area contributed by atoms with Gasteiger partial charge in [-0.3, -0.25) is 9.36 Å². The Kier molecular flexibility index (Phi) is 5.36. The lowest BCUT2D eigenvalue weighted by atomic mass is 9.97. The van der Waals surface area contributed by atoms with Gasteiger partial charge in [0, 0.05) is 44.1 Å². The van der Waals surface area contributed by atoms with Crippen molar-refractivity contribution in [2.45, 2.75) is 46.1 Å². The number of piperazine rings is 1. The first-order valence-corrected chi connectivity index (χ1v) is 11.2. The van der Waals surface area contributed by atoms with Gasteiger partial charge in [-0.1, -0.05) is 0 Å². The number of aromatic nitrogens is 2. The minimum absolute atomic E-state index is 0.141. The van der Waals surface area contributed by atoms with Crippen molar-refractivity contribution in [1.82, 2.24) is 19.8 Å². The Morgan fingerprint density at radius 2 is 1.93 bits per heavy atom. The largest absolute Gasteiger partial charge is 0.363 e. The summed E-state index contributed by atoms with van der Waals surface area (Å²) in [7, 11) is 0. The maximum Gasteiger partial charge on any atom is 0.263 e. The fraction of sp³-hybridized carbons (Fsp3) is 0.632.